The standard InChI is InChI=1S/C17H18N6O3.C2H6/c1-17(2)15(24)21-10-7-8(3-4-11(10)26-17)23-12(14(19)22-16(23)25)9-5-6-20-13(9)18;1-2/h3-7,20H,18-19H2,1-2H3,(H,21,24)(H,22,25);1-2H3. The molecule has 1 aliphatic heterocycles. The number of ether oxygens (including phenoxy) is 1. The number of carbonyl (C=O) groups is 1. The van der Waals surface area contributed by atoms with Gasteiger partial charge < -0.3 is 26.5 Å². The smallest absolute Gasteiger partial charge is 0.332 e. The summed E-state index contributed by atoms with van der Waals surface area (Å²) in [5.41, 5.74) is 12.6. The number of hydrogen-bond acceptors (Lipinski definition) is 5. The zero-order valence-electron chi connectivity index (χ0n) is 16.2. The molecule has 4 rings (SSSR count). The highest BCUT2D eigenvalue weighted by atomic mass is 16.5. The zero-order chi connectivity index (χ0) is 20.6. The molecule has 1 aliphatic rings. The van der Waals surface area contributed by atoms with Gasteiger partial charge in [0.2, 0.25) is 0 Å². The van der Waals surface area contributed by atoms with Gasteiger partial charge in [-0.05, 0) is 38.1 Å². The molecule has 0 atom stereocenters. The second-order valence-corrected chi connectivity index (χ2v) is 6.58. The molecule has 0 fully saturated rings. The molecule has 1 amide bonds. The van der Waals surface area contributed by atoms with Gasteiger partial charge in [-0.2, -0.15) is 0 Å². The van der Waals surface area contributed by atoms with Crippen molar-refractivity contribution < 1.29 is 9.53 Å². The topological polar surface area (TPSA) is 144 Å². The minimum Gasteiger partial charge on any atom is -0.476 e. The maximum Gasteiger partial charge on any atom is 0.332 e. The van der Waals surface area contributed by atoms with Crippen molar-refractivity contribution in [3.05, 3.63) is 40.9 Å². The fraction of sp³-hybridized carbons (Fsp3) is 0.263. The van der Waals surface area contributed by atoms with E-state index in [-0.39, 0.29) is 11.7 Å². The van der Waals surface area contributed by atoms with Gasteiger partial charge in [-0.15, -0.1) is 0 Å². The van der Waals surface area contributed by atoms with Crippen LogP contribution in [-0.2, 0) is 4.79 Å². The molecule has 0 saturated heterocycles. The third-order valence-electron chi connectivity index (χ3n) is 4.34. The van der Waals surface area contributed by atoms with Crippen LogP contribution < -0.4 is 27.2 Å². The summed E-state index contributed by atoms with van der Waals surface area (Å²) < 4.78 is 7.13. The minimum atomic E-state index is -0.964. The summed E-state index contributed by atoms with van der Waals surface area (Å²) >= 11 is 0. The van der Waals surface area contributed by atoms with E-state index in [0.717, 1.165) is 0 Å². The van der Waals surface area contributed by atoms with Crippen LogP contribution in [0.5, 0.6) is 5.75 Å². The number of nitrogen functional groups attached to an aromatic ring is 2. The third-order valence-corrected chi connectivity index (χ3v) is 4.34. The van der Waals surface area contributed by atoms with Crippen LogP contribution in [0.3, 0.4) is 0 Å². The number of benzene rings is 1. The molecule has 0 aliphatic carbocycles. The van der Waals surface area contributed by atoms with Crippen LogP contribution in [0.25, 0.3) is 16.9 Å². The Bertz CT molecular complexity index is 1090. The van der Waals surface area contributed by atoms with E-state index in [9.17, 15) is 9.59 Å². The van der Waals surface area contributed by atoms with Gasteiger partial charge in [-0.3, -0.25) is 14.3 Å². The van der Waals surface area contributed by atoms with Crippen molar-refractivity contribution in [3.63, 3.8) is 0 Å². The van der Waals surface area contributed by atoms with Gasteiger partial charge in [0.25, 0.3) is 5.91 Å². The average Bonchev–Trinajstić information content (AvgIpc) is 3.19. The molecule has 28 heavy (non-hydrogen) atoms. The number of nitrogens with two attached hydrogens (primary N) is 2. The summed E-state index contributed by atoms with van der Waals surface area (Å²) in [6.45, 7) is 7.37. The van der Waals surface area contributed by atoms with Crippen molar-refractivity contribution in [2.45, 2.75) is 33.3 Å². The molecule has 9 nitrogen and oxygen atoms in total. The number of rotatable bonds is 2. The fourth-order valence-corrected chi connectivity index (χ4v) is 2.99. The second kappa shape index (κ2) is 6.84. The first-order chi connectivity index (χ1) is 13.3. The van der Waals surface area contributed by atoms with Gasteiger partial charge in [0.1, 0.15) is 23.1 Å². The molecule has 3 heterocycles. The Morgan fingerprint density at radius 1 is 1.07 bits per heavy atom. The molecule has 0 radical (unpaired) electrons. The number of imidazole rings is 1. The van der Waals surface area contributed by atoms with E-state index >= 15 is 0 Å². The van der Waals surface area contributed by atoms with Crippen LogP contribution >= 0.6 is 0 Å². The highest BCUT2D eigenvalue weighted by Crippen LogP contribution is 2.36. The molecule has 2 aromatic heterocycles. The lowest BCUT2D eigenvalue weighted by Crippen LogP contribution is -2.45. The Morgan fingerprint density at radius 3 is 2.43 bits per heavy atom. The highest BCUT2D eigenvalue weighted by molar-refractivity contribution is 6.00. The van der Waals surface area contributed by atoms with E-state index in [2.05, 4.69) is 15.3 Å². The first kappa shape index (κ1) is 19.2. The second-order valence-electron chi connectivity index (χ2n) is 6.58. The highest BCUT2D eigenvalue weighted by Gasteiger charge is 2.35. The number of nitrogens with zero attached hydrogens (tertiary/aromatic N) is 1. The van der Waals surface area contributed by atoms with Crippen LogP contribution in [0.1, 0.15) is 27.7 Å². The lowest BCUT2D eigenvalue weighted by molar-refractivity contribution is -0.129. The minimum absolute atomic E-state index is 0.195. The van der Waals surface area contributed by atoms with Gasteiger partial charge in [-0.1, -0.05) is 13.8 Å². The summed E-state index contributed by atoms with van der Waals surface area (Å²) in [6.07, 6.45) is 1.66. The van der Waals surface area contributed by atoms with Crippen molar-refractivity contribution >= 4 is 23.2 Å². The number of anilines is 3. The third kappa shape index (κ3) is 3.00. The molecular formula is C19H24N6O3. The largest absolute Gasteiger partial charge is 0.476 e. The number of hydrogen-bond donors (Lipinski definition) is 5. The number of amides is 1. The van der Waals surface area contributed by atoms with Gasteiger partial charge in [0.05, 0.1) is 11.4 Å². The average molecular weight is 384 g/mol. The van der Waals surface area contributed by atoms with E-state index in [4.69, 9.17) is 16.2 Å². The predicted octanol–water partition coefficient (Wildman–Crippen LogP) is 2.46. The van der Waals surface area contributed by atoms with Crippen LogP contribution in [0.15, 0.2) is 35.3 Å². The maximum absolute atomic E-state index is 12.5. The van der Waals surface area contributed by atoms with E-state index in [1.54, 1.807) is 44.3 Å². The van der Waals surface area contributed by atoms with Crippen molar-refractivity contribution in [2.24, 2.45) is 0 Å². The molecule has 0 spiro atoms. The lowest BCUT2D eigenvalue weighted by Gasteiger charge is -2.31. The molecular weight excluding hydrogens is 360 g/mol. The molecule has 0 saturated carbocycles. The number of aromatic amines is 2. The lowest BCUT2D eigenvalue weighted by atomic mass is 10.1. The Hall–Kier alpha value is -3.62. The first-order valence-electron chi connectivity index (χ1n) is 8.96. The SMILES string of the molecule is CC.CC1(C)Oc2ccc(-n3c(-c4cc[nH]c4N)c(N)[nH]c3=O)cc2NC1=O. The zero-order valence-corrected chi connectivity index (χ0v) is 16.2. The van der Waals surface area contributed by atoms with E-state index in [1.807, 2.05) is 13.8 Å². The maximum atomic E-state index is 12.5. The van der Waals surface area contributed by atoms with Gasteiger partial charge in [0, 0.05) is 11.8 Å². The van der Waals surface area contributed by atoms with Crippen LogP contribution in [-0.4, -0.2) is 26.0 Å². The molecule has 0 unspecified atom stereocenters. The number of fused-ring (bicyclic) bond motifs is 1. The predicted molar refractivity (Wildman–Crippen MR) is 110 cm³/mol. The molecule has 1 aromatic carbocycles. The van der Waals surface area contributed by atoms with E-state index < -0.39 is 11.3 Å². The number of carbonyl (C=O) groups excluding carboxylic acids is 1. The summed E-state index contributed by atoms with van der Waals surface area (Å²) in [6, 6.07) is 6.80. The van der Waals surface area contributed by atoms with Crippen molar-refractivity contribution in [1.29, 1.82) is 0 Å². The molecule has 0 bridgehead atoms. The molecule has 3 aromatic rings. The van der Waals surface area contributed by atoms with Gasteiger partial charge in [0.15, 0.2) is 5.60 Å². The normalized spacial score (nSPS) is 14.4. The van der Waals surface area contributed by atoms with Crippen LogP contribution in [0, 0.1) is 0 Å². The number of H-pyrrole nitrogens is 2. The quantitative estimate of drug-likeness (QED) is 0.461. The fourth-order valence-electron chi connectivity index (χ4n) is 2.99. The number of aromatic nitrogens is 3. The summed E-state index contributed by atoms with van der Waals surface area (Å²) in [5.74, 6) is 0.844. The summed E-state index contributed by atoms with van der Waals surface area (Å²) in [7, 11) is 0. The number of nitrogens with one attached hydrogen (secondary N) is 3. The molecule has 7 N–H and O–H groups in total. The Labute approximate surface area is 161 Å². The Balaban J connectivity index is 0.00000109. The van der Waals surface area contributed by atoms with Crippen LogP contribution in [0.4, 0.5) is 17.3 Å². The van der Waals surface area contributed by atoms with Gasteiger partial charge in [-0.25, -0.2) is 4.79 Å². The Morgan fingerprint density at radius 2 is 1.79 bits per heavy atom. The summed E-state index contributed by atoms with van der Waals surface area (Å²) in [4.78, 5) is 30.1. The van der Waals surface area contributed by atoms with Crippen LogP contribution in [0.2, 0.25) is 0 Å². The summed E-state index contributed by atoms with van der Waals surface area (Å²) in [5, 5.41) is 2.80. The first-order valence-corrected chi connectivity index (χ1v) is 8.96. The molecule has 9 heteroatoms. The monoisotopic (exact) mass is 384 g/mol. The Kier molecular flexibility index (Phi) is 4.68. The molecule has 148 valence electrons. The van der Waals surface area contributed by atoms with Crippen molar-refractivity contribution in [2.75, 3.05) is 16.8 Å². The van der Waals surface area contributed by atoms with E-state index in [1.165, 1.54) is 4.57 Å². The van der Waals surface area contributed by atoms with Gasteiger partial charge >= 0.3 is 5.69 Å². The van der Waals surface area contributed by atoms with Crippen molar-refractivity contribution in [1.82, 2.24) is 14.5 Å². The van der Waals surface area contributed by atoms with Crippen molar-refractivity contribution in [3.8, 4) is 22.7 Å². The van der Waals surface area contributed by atoms with E-state index in [0.29, 0.717) is 34.2 Å².